The lowest BCUT2D eigenvalue weighted by Gasteiger charge is -2.21. The molecular weight excluding hydrogens is 976 g/mol. The van der Waals surface area contributed by atoms with E-state index < -0.39 is 57.8 Å². The Balaban J connectivity index is 4.73. The van der Waals surface area contributed by atoms with E-state index >= 15 is 0 Å². The molecule has 12 heteroatoms. The molecule has 442 valence electrons. The number of phosphoric acid groups is 1. The van der Waals surface area contributed by atoms with Crippen LogP contribution in [-0.4, -0.2) is 66.5 Å². The number of aliphatic hydroxyl groups excluding tert-OH is 1. The van der Waals surface area contributed by atoms with E-state index in [-0.39, 0.29) is 25.9 Å². The minimum absolute atomic E-state index is 0.157. The highest BCUT2D eigenvalue weighted by atomic mass is 31.2. The van der Waals surface area contributed by atoms with Crippen LogP contribution in [0.5, 0.6) is 0 Å². The Kier molecular flexibility index (Phi) is 56.2. The molecule has 0 saturated heterocycles. The molecule has 0 aliphatic heterocycles. The number of ether oxygens (including phenoxy) is 3. The van der Waals surface area contributed by atoms with Crippen molar-refractivity contribution < 1.29 is 52.2 Å². The van der Waals surface area contributed by atoms with Crippen LogP contribution in [0.25, 0.3) is 0 Å². The van der Waals surface area contributed by atoms with Crippen LogP contribution in [0.2, 0.25) is 0 Å². The molecule has 0 aromatic heterocycles. The third kappa shape index (κ3) is 55.9. The molecule has 0 aromatic rings. The molecule has 0 bridgehead atoms. The lowest BCUT2D eigenvalue weighted by Crippen LogP contribution is -2.30. The van der Waals surface area contributed by atoms with Crippen molar-refractivity contribution in [1.82, 2.24) is 0 Å². The summed E-state index contributed by atoms with van der Waals surface area (Å²) in [4.78, 5) is 48.7. The Bertz CT molecular complexity index is 1510. The molecule has 0 amide bonds. The molecule has 11 nitrogen and oxygen atoms in total. The van der Waals surface area contributed by atoms with E-state index in [0.29, 0.717) is 19.3 Å². The molecule has 3 atom stereocenters. The maximum Gasteiger partial charge on any atom is 0.472 e. The van der Waals surface area contributed by atoms with Gasteiger partial charge in [-0.1, -0.05) is 223 Å². The van der Waals surface area contributed by atoms with Gasteiger partial charge in [0, 0.05) is 19.3 Å². The smallest absolute Gasteiger partial charge is 0.462 e. The fourth-order valence-electron chi connectivity index (χ4n) is 8.59. The molecule has 3 unspecified atom stereocenters. The van der Waals surface area contributed by atoms with E-state index in [1.807, 2.05) is 0 Å². The first-order valence-electron chi connectivity index (χ1n) is 31.2. The normalized spacial score (nSPS) is 13.7. The van der Waals surface area contributed by atoms with Gasteiger partial charge in [0.15, 0.2) is 6.10 Å². The summed E-state index contributed by atoms with van der Waals surface area (Å²) < 4.78 is 39.6. The molecule has 0 radical (unpaired) electrons. The minimum Gasteiger partial charge on any atom is -0.462 e. The van der Waals surface area contributed by atoms with Gasteiger partial charge >= 0.3 is 25.7 Å². The fourth-order valence-corrected chi connectivity index (χ4v) is 9.37. The average molecular weight is 1090 g/mol. The van der Waals surface area contributed by atoms with Gasteiger partial charge in [0.05, 0.1) is 19.8 Å². The number of unbranched alkanes of at least 4 members (excludes halogenated alkanes) is 31. The van der Waals surface area contributed by atoms with Crippen LogP contribution in [0.1, 0.15) is 290 Å². The van der Waals surface area contributed by atoms with Crippen molar-refractivity contribution in [2.24, 2.45) is 0 Å². The highest BCUT2D eigenvalue weighted by Crippen LogP contribution is 2.43. The summed E-state index contributed by atoms with van der Waals surface area (Å²) in [5.74, 6) is -1.48. The number of rotatable bonds is 58. The summed E-state index contributed by atoms with van der Waals surface area (Å²) in [5.41, 5.74) is 0. The van der Waals surface area contributed by atoms with Crippen LogP contribution in [0.4, 0.5) is 0 Å². The zero-order chi connectivity index (χ0) is 55.5. The number of esters is 3. The van der Waals surface area contributed by atoms with Gasteiger partial charge in [-0.05, 0) is 109 Å². The molecule has 0 fully saturated rings. The van der Waals surface area contributed by atoms with Crippen LogP contribution in [0.3, 0.4) is 0 Å². The SMILES string of the molecule is CCCCC/C=C\C/C=C\CCCCCCCCCC(=O)OC(COC(=O)CCCCCCCCC/C=C\CCCCCCCC)COP(=O)(O)OCC(CO)OC(=O)CCCCCCC/C=C\C/C=C\CCCCC. The topological polar surface area (TPSA) is 155 Å². The Morgan fingerprint density at radius 3 is 1.01 bits per heavy atom. The van der Waals surface area contributed by atoms with Crippen molar-refractivity contribution in [3.63, 3.8) is 0 Å². The van der Waals surface area contributed by atoms with Gasteiger partial charge in [-0.15, -0.1) is 0 Å². The molecule has 0 saturated carbocycles. The van der Waals surface area contributed by atoms with Crippen molar-refractivity contribution in [3.05, 3.63) is 60.8 Å². The molecular formula is C64H115O11P. The number of allylic oxidation sites excluding steroid dienone is 10. The standard InChI is InChI=1S/C64H115O11P/c1-4-7-10-13-16-19-22-25-28-30-33-35-38-41-44-47-50-53-62(66)71-57-61(75-64(68)55-52-49-46-43-40-37-34-31-29-26-23-20-17-14-11-8-5-2)59-73-76(69,70)72-58-60(56-65)74-63(67)54-51-48-45-42-39-36-32-27-24-21-18-15-12-9-6-3/h17-18,20-21,25-29,32,60-61,65H,4-16,19,22-24,30-31,33-59H2,1-3H3,(H,69,70)/b20-17-,21-18-,28-25-,29-26-,32-27-. The molecule has 76 heavy (non-hydrogen) atoms. The summed E-state index contributed by atoms with van der Waals surface area (Å²) in [5, 5.41) is 9.83. The van der Waals surface area contributed by atoms with Crippen LogP contribution < -0.4 is 0 Å². The van der Waals surface area contributed by atoms with Gasteiger partial charge in [-0.3, -0.25) is 23.4 Å². The third-order valence-electron chi connectivity index (χ3n) is 13.4. The van der Waals surface area contributed by atoms with Crippen molar-refractivity contribution in [2.45, 2.75) is 303 Å². The van der Waals surface area contributed by atoms with E-state index in [4.69, 9.17) is 23.3 Å². The number of carbonyl (C=O) groups excluding carboxylic acids is 3. The first kappa shape index (κ1) is 73.2. The van der Waals surface area contributed by atoms with Gasteiger partial charge < -0.3 is 24.2 Å². The average Bonchev–Trinajstić information content (AvgIpc) is 3.41. The van der Waals surface area contributed by atoms with E-state index in [9.17, 15) is 28.9 Å². The van der Waals surface area contributed by atoms with E-state index in [1.165, 1.54) is 122 Å². The van der Waals surface area contributed by atoms with Crippen LogP contribution in [0.15, 0.2) is 60.8 Å². The zero-order valence-corrected chi connectivity index (χ0v) is 49.9. The highest BCUT2D eigenvalue weighted by Gasteiger charge is 2.28. The Morgan fingerprint density at radius 2 is 0.645 bits per heavy atom. The predicted molar refractivity (Wildman–Crippen MR) is 316 cm³/mol. The molecule has 0 aromatic carbocycles. The maximum atomic E-state index is 12.9. The fraction of sp³-hybridized carbons (Fsp3) is 0.797. The summed E-state index contributed by atoms with van der Waals surface area (Å²) in [6.07, 6.45) is 64.5. The van der Waals surface area contributed by atoms with Crippen molar-refractivity contribution in [2.75, 3.05) is 26.4 Å². The maximum absolute atomic E-state index is 12.9. The van der Waals surface area contributed by atoms with Crippen LogP contribution >= 0.6 is 7.82 Å². The number of hydrogen-bond acceptors (Lipinski definition) is 10. The van der Waals surface area contributed by atoms with Gasteiger partial charge in [0.25, 0.3) is 0 Å². The summed E-state index contributed by atoms with van der Waals surface area (Å²) in [6, 6.07) is 0. The number of hydrogen-bond donors (Lipinski definition) is 2. The van der Waals surface area contributed by atoms with Gasteiger partial charge in [-0.25, -0.2) is 4.57 Å². The second kappa shape index (κ2) is 58.3. The molecule has 0 aliphatic carbocycles. The quantitative estimate of drug-likeness (QED) is 0.0197. The summed E-state index contributed by atoms with van der Waals surface area (Å²) in [6.45, 7) is 4.60. The van der Waals surface area contributed by atoms with Crippen molar-refractivity contribution in [1.29, 1.82) is 0 Å². The monoisotopic (exact) mass is 1090 g/mol. The van der Waals surface area contributed by atoms with Crippen molar-refractivity contribution in [3.8, 4) is 0 Å². The largest absolute Gasteiger partial charge is 0.472 e. The van der Waals surface area contributed by atoms with E-state index in [0.717, 1.165) is 109 Å². The number of carbonyl (C=O) groups is 3. The first-order valence-corrected chi connectivity index (χ1v) is 32.7. The second-order valence-electron chi connectivity index (χ2n) is 20.9. The Hall–Kier alpha value is -2.82. The minimum atomic E-state index is -4.76. The van der Waals surface area contributed by atoms with Gasteiger partial charge in [-0.2, -0.15) is 0 Å². The summed E-state index contributed by atoms with van der Waals surface area (Å²) in [7, 11) is -4.76. The molecule has 0 aliphatic rings. The van der Waals surface area contributed by atoms with Crippen molar-refractivity contribution >= 4 is 25.7 Å². The van der Waals surface area contributed by atoms with Gasteiger partial charge in [0.2, 0.25) is 0 Å². The summed E-state index contributed by atoms with van der Waals surface area (Å²) >= 11 is 0. The lowest BCUT2D eigenvalue weighted by molar-refractivity contribution is -0.161. The highest BCUT2D eigenvalue weighted by molar-refractivity contribution is 7.47. The van der Waals surface area contributed by atoms with Crippen LogP contribution in [0, 0.1) is 0 Å². The second-order valence-corrected chi connectivity index (χ2v) is 22.3. The Morgan fingerprint density at radius 1 is 0.368 bits per heavy atom. The first-order chi connectivity index (χ1) is 37.2. The predicted octanol–water partition coefficient (Wildman–Crippen LogP) is 18.7. The van der Waals surface area contributed by atoms with E-state index in [2.05, 4.69) is 81.5 Å². The van der Waals surface area contributed by atoms with Gasteiger partial charge in [0.1, 0.15) is 12.7 Å². The van der Waals surface area contributed by atoms with Crippen LogP contribution in [-0.2, 0) is 42.2 Å². The Labute approximate surface area is 465 Å². The number of aliphatic hydroxyl groups is 1. The zero-order valence-electron chi connectivity index (χ0n) is 49.0. The third-order valence-corrected chi connectivity index (χ3v) is 14.3. The van der Waals surface area contributed by atoms with E-state index in [1.54, 1.807) is 0 Å². The molecule has 0 heterocycles. The molecule has 0 rings (SSSR count). The lowest BCUT2D eigenvalue weighted by atomic mass is 10.1. The number of phosphoric ester groups is 1. The molecule has 0 spiro atoms. The molecule has 2 N–H and O–H groups in total.